The SMILES string of the molecule is CNC(=O)c1ccc(C[NH+](C)CC(=O)N2CCc3ccccc3C2)cc1. The number of benzene rings is 2. The maximum Gasteiger partial charge on any atom is 0.278 e. The van der Waals surface area contributed by atoms with E-state index in [0.29, 0.717) is 18.7 Å². The van der Waals surface area contributed by atoms with Crippen LogP contribution in [0.25, 0.3) is 0 Å². The van der Waals surface area contributed by atoms with Crippen LogP contribution in [0.3, 0.4) is 0 Å². The van der Waals surface area contributed by atoms with Crippen molar-refractivity contribution in [1.82, 2.24) is 10.2 Å². The Balaban J connectivity index is 1.54. The lowest BCUT2D eigenvalue weighted by Crippen LogP contribution is -3.08. The summed E-state index contributed by atoms with van der Waals surface area (Å²) in [5.74, 6) is 0.108. The van der Waals surface area contributed by atoms with Crippen molar-refractivity contribution in [2.24, 2.45) is 0 Å². The van der Waals surface area contributed by atoms with Gasteiger partial charge in [0.2, 0.25) is 0 Å². The molecule has 2 N–H and O–H groups in total. The average molecular weight is 352 g/mol. The minimum Gasteiger partial charge on any atom is -0.355 e. The molecule has 0 fully saturated rings. The van der Waals surface area contributed by atoms with Gasteiger partial charge >= 0.3 is 0 Å². The molecule has 2 aromatic carbocycles. The topological polar surface area (TPSA) is 53.9 Å². The standard InChI is InChI=1S/C21H25N3O2/c1-22-21(26)18-9-7-16(8-10-18)13-23(2)15-20(25)24-12-11-17-5-3-4-6-19(17)14-24/h3-10H,11-15H2,1-2H3,(H,22,26)/p+1. The molecule has 136 valence electrons. The molecule has 5 nitrogen and oxygen atoms in total. The van der Waals surface area contributed by atoms with Crippen molar-refractivity contribution < 1.29 is 14.5 Å². The van der Waals surface area contributed by atoms with E-state index < -0.39 is 0 Å². The second-order valence-electron chi connectivity index (χ2n) is 6.92. The Kier molecular flexibility index (Phi) is 5.68. The van der Waals surface area contributed by atoms with E-state index in [1.54, 1.807) is 7.05 Å². The fourth-order valence-electron chi connectivity index (χ4n) is 3.41. The van der Waals surface area contributed by atoms with Gasteiger partial charge in [-0.15, -0.1) is 0 Å². The number of amides is 2. The lowest BCUT2D eigenvalue weighted by molar-refractivity contribution is -0.885. The van der Waals surface area contributed by atoms with E-state index in [1.807, 2.05) is 42.3 Å². The van der Waals surface area contributed by atoms with Gasteiger partial charge in [0.15, 0.2) is 6.54 Å². The molecule has 0 saturated carbocycles. The highest BCUT2D eigenvalue weighted by Crippen LogP contribution is 2.18. The van der Waals surface area contributed by atoms with Crippen LogP contribution in [0.5, 0.6) is 0 Å². The Labute approximate surface area is 154 Å². The lowest BCUT2D eigenvalue weighted by Gasteiger charge is -2.29. The van der Waals surface area contributed by atoms with Crippen LogP contribution in [-0.4, -0.2) is 43.9 Å². The Morgan fingerprint density at radius 1 is 1.08 bits per heavy atom. The van der Waals surface area contributed by atoms with Crippen molar-refractivity contribution in [1.29, 1.82) is 0 Å². The predicted molar refractivity (Wildman–Crippen MR) is 101 cm³/mol. The van der Waals surface area contributed by atoms with Crippen molar-refractivity contribution in [3.05, 3.63) is 70.8 Å². The van der Waals surface area contributed by atoms with E-state index in [0.717, 1.165) is 30.0 Å². The largest absolute Gasteiger partial charge is 0.355 e. The summed E-state index contributed by atoms with van der Waals surface area (Å²) in [6.45, 7) is 2.73. The van der Waals surface area contributed by atoms with Gasteiger partial charge < -0.3 is 15.1 Å². The molecule has 5 heteroatoms. The van der Waals surface area contributed by atoms with Gasteiger partial charge in [0, 0.05) is 31.3 Å². The van der Waals surface area contributed by atoms with Crippen LogP contribution in [0.1, 0.15) is 27.0 Å². The number of quaternary nitrogens is 1. The van der Waals surface area contributed by atoms with Gasteiger partial charge in [0.1, 0.15) is 6.54 Å². The highest BCUT2D eigenvalue weighted by atomic mass is 16.2. The number of hydrogen-bond acceptors (Lipinski definition) is 2. The summed E-state index contributed by atoms with van der Waals surface area (Å²) in [6.07, 6.45) is 0.932. The van der Waals surface area contributed by atoms with E-state index in [9.17, 15) is 9.59 Å². The van der Waals surface area contributed by atoms with Gasteiger partial charge in [-0.1, -0.05) is 36.4 Å². The second kappa shape index (κ2) is 8.15. The van der Waals surface area contributed by atoms with Crippen LogP contribution < -0.4 is 10.2 Å². The van der Waals surface area contributed by atoms with Crippen LogP contribution >= 0.6 is 0 Å². The third-order valence-electron chi connectivity index (χ3n) is 4.89. The number of nitrogens with one attached hydrogen (secondary N) is 2. The Hall–Kier alpha value is -2.66. The van der Waals surface area contributed by atoms with Crippen LogP contribution in [0.4, 0.5) is 0 Å². The average Bonchev–Trinajstić information content (AvgIpc) is 2.67. The van der Waals surface area contributed by atoms with Gasteiger partial charge in [-0.25, -0.2) is 0 Å². The van der Waals surface area contributed by atoms with Crippen molar-refractivity contribution in [2.45, 2.75) is 19.5 Å². The molecule has 1 heterocycles. The molecule has 1 unspecified atom stereocenters. The molecule has 2 amide bonds. The molecular weight excluding hydrogens is 326 g/mol. The number of carbonyl (C=O) groups excluding carboxylic acids is 2. The van der Waals surface area contributed by atoms with Crippen molar-refractivity contribution in [3.63, 3.8) is 0 Å². The zero-order valence-electron chi connectivity index (χ0n) is 15.4. The molecule has 2 aromatic rings. The molecule has 1 aliphatic rings. The fraction of sp³-hybridized carbons (Fsp3) is 0.333. The molecule has 0 aliphatic carbocycles. The number of likely N-dealkylation sites (N-methyl/N-ethyl adjacent to an activating group) is 1. The van der Waals surface area contributed by atoms with E-state index >= 15 is 0 Å². The highest BCUT2D eigenvalue weighted by molar-refractivity contribution is 5.93. The Bertz CT molecular complexity index is 786. The number of fused-ring (bicyclic) bond motifs is 1. The minimum absolute atomic E-state index is 0.0854. The molecule has 0 bridgehead atoms. The summed E-state index contributed by atoms with van der Waals surface area (Å²) < 4.78 is 0. The molecule has 3 rings (SSSR count). The molecule has 1 atom stereocenters. The molecule has 0 radical (unpaired) electrons. The van der Waals surface area contributed by atoms with E-state index in [2.05, 4.69) is 23.5 Å². The van der Waals surface area contributed by atoms with Crippen LogP contribution in [0.2, 0.25) is 0 Å². The molecule has 0 spiro atoms. The first-order chi connectivity index (χ1) is 12.6. The Morgan fingerprint density at radius 2 is 1.77 bits per heavy atom. The summed E-state index contributed by atoms with van der Waals surface area (Å²) in [6, 6.07) is 15.9. The molecular formula is C21H26N3O2+. The monoisotopic (exact) mass is 352 g/mol. The van der Waals surface area contributed by atoms with Gasteiger partial charge in [0.05, 0.1) is 7.05 Å². The first-order valence-corrected chi connectivity index (χ1v) is 9.03. The van der Waals surface area contributed by atoms with Crippen molar-refractivity contribution >= 4 is 11.8 Å². The summed E-state index contributed by atoms with van der Waals surface area (Å²) in [5, 5.41) is 2.62. The number of carbonyl (C=O) groups is 2. The van der Waals surface area contributed by atoms with Gasteiger partial charge in [-0.05, 0) is 29.7 Å². The van der Waals surface area contributed by atoms with Crippen LogP contribution in [-0.2, 0) is 24.3 Å². The minimum atomic E-state index is -0.0854. The zero-order valence-corrected chi connectivity index (χ0v) is 15.4. The normalized spacial score (nSPS) is 14.5. The second-order valence-corrected chi connectivity index (χ2v) is 6.92. The summed E-state index contributed by atoms with van der Waals surface area (Å²) in [4.78, 5) is 27.3. The number of rotatable bonds is 5. The quantitative estimate of drug-likeness (QED) is 0.830. The van der Waals surface area contributed by atoms with Crippen LogP contribution in [0.15, 0.2) is 48.5 Å². The van der Waals surface area contributed by atoms with E-state index in [4.69, 9.17) is 0 Å². The first-order valence-electron chi connectivity index (χ1n) is 9.03. The van der Waals surface area contributed by atoms with Crippen LogP contribution in [0, 0.1) is 0 Å². The maximum atomic E-state index is 12.6. The van der Waals surface area contributed by atoms with Gasteiger partial charge in [-0.3, -0.25) is 9.59 Å². The van der Waals surface area contributed by atoms with Crippen molar-refractivity contribution in [2.75, 3.05) is 27.2 Å². The van der Waals surface area contributed by atoms with Gasteiger partial charge in [-0.2, -0.15) is 0 Å². The highest BCUT2D eigenvalue weighted by Gasteiger charge is 2.22. The van der Waals surface area contributed by atoms with Crippen molar-refractivity contribution in [3.8, 4) is 0 Å². The molecule has 26 heavy (non-hydrogen) atoms. The number of hydrogen-bond donors (Lipinski definition) is 2. The summed E-state index contributed by atoms with van der Waals surface area (Å²) in [5.41, 5.74) is 4.38. The smallest absolute Gasteiger partial charge is 0.278 e. The fourth-order valence-corrected chi connectivity index (χ4v) is 3.41. The summed E-state index contributed by atoms with van der Waals surface area (Å²) in [7, 11) is 3.65. The molecule has 0 aromatic heterocycles. The van der Waals surface area contributed by atoms with Gasteiger partial charge in [0.25, 0.3) is 11.8 Å². The summed E-state index contributed by atoms with van der Waals surface area (Å²) >= 11 is 0. The lowest BCUT2D eigenvalue weighted by atomic mass is 10.00. The number of nitrogens with zero attached hydrogens (tertiary/aromatic N) is 1. The van der Waals surface area contributed by atoms with E-state index in [1.165, 1.54) is 11.1 Å². The predicted octanol–water partition coefficient (Wildman–Crippen LogP) is 0.646. The van der Waals surface area contributed by atoms with E-state index in [-0.39, 0.29) is 11.8 Å². The third-order valence-corrected chi connectivity index (χ3v) is 4.89. The maximum absolute atomic E-state index is 12.6. The molecule has 0 saturated heterocycles. The Morgan fingerprint density at radius 3 is 2.46 bits per heavy atom. The molecule has 1 aliphatic heterocycles. The first kappa shape index (κ1) is 18.1. The third kappa shape index (κ3) is 4.29. The zero-order chi connectivity index (χ0) is 18.5.